The highest BCUT2D eigenvalue weighted by atomic mass is 127. The number of rotatable bonds is 5. The second kappa shape index (κ2) is 11.1. The monoisotopic (exact) mass is 523 g/mol. The molecule has 1 aromatic carbocycles. The van der Waals surface area contributed by atoms with Crippen LogP contribution < -0.4 is 5.32 Å². The first-order valence-electron chi connectivity index (χ1n) is 11.0. The van der Waals surface area contributed by atoms with Gasteiger partial charge in [-0.15, -0.1) is 34.2 Å². The Balaban J connectivity index is 0.00000256. The van der Waals surface area contributed by atoms with Crippen LogP contribution >= 0.6 is 24.0 Å². The van der Waals surface area contributed by atoms with Crippen molar-refractivity contribution in [1.29, 1.82) is 0 Å². The first-order chi connectivity index (χ1) is 14.3. The lowest BCUT2D eigenvalue weighted by Gasteiger charge is -2.40. The summed E-state index contributed by atoms with van der Waals surface area (Å²) in [6.45, 7) is 8.07. The third-order valence-electron chi connectivity index (χ3n) is 6.18. The number of benzene rings is 1. The number of aromatic nitrogens is 3. The summed E-state index contributed by atoms with van der Waals surface area (Å²) in [6, 6.07) is 11.4. The molecule has 3 heterocycles. The van der Waals surface area contributed by atoms with Crippen LogP contribution in [0.15, 0.2) is 35.3 Å². The smallest absolute Gasteiger partial charge is 0.194 e. The molecule has 2 aliphatic rings. The van der Waals surface area contributed by atoms with Gasteiger partial charge in [0, 0.05) is 52.2 Å². The highest BCUT2D eigenvalue weighted by Gasteiger charge is 2.25. The van der Waals surface area contributed by atoms with E-state index in [1.165, 1.54) is 18.4 Å². The summed E-state index contributed by atoms with van der Waals surface area (Å²) in [5.41, 5.74) is 1.42. The van der Waals surface area contributed by atoms with Crippen molar-refractivity contribution in [2.24, 2.45) is 4.99 Å². The molecule has 0 spiro atoms. The minimum atomic E-state index is 0. The minimum absolute atomic E-state index is 0. The Labute approximate surface area is 197 Å². The molecule has 2 aromatic rings. The molecular weight excluding hydrogens is 489 g/mol. The average Bonchev–Trinajstić information content (AvgIpc) is 3.20. The largest absolute Gasteiger partial charge is 0.349 e. The van der Waals surface area contributed by atoms with Crippen molar-refractivity contribution in [2.75, 3.05) is 33.2 Å². The molecule has 164 valence electrons. The Kier molecular flexibility index (Phi) is 8.50. The zero-order valence-corrected chi connectivity index (χ0v) is 20.5. The molecule has 1 saturated heterocycles. The van der Waals surface area contributed by atoms with Gasteiger partial charge in [-0.05, 0) is 24.8 Å². The third kappa shape index (κ3) is 5.14. The van der Waals surface area contributed by atoms with E-state index in [9.17, 15) is 0 Å². The van der Waals surface area contributed by atoms with Gasteiger partial charge in [-0.3, -0.25) is 9.89 Å². The van der Waals surface area contributed by atoms with Crippen molar-refractivity contribution < 1.29 is 0 Å². The summed E-state index contributed by atoms with van der Waals surface area (Å²) >= 11 is 0. The van der Waals surface area contributed by atoms with E-state index in [1.807, 2.05) is 7.05 Å². The molecule has 1 atom stereocenters. The molecular formula is C22H34IN7. The van der Waals surface area contributed by atoms with Gasteiger partial charge in [0.25, 0.3) is 0 Å². The number of aryl methyl sites for hydroxylation is 1. The lowest BCUT2D eigenvalue weighted by Crippen LogP contribution is -2.53. The molecule has 0 bridgehead atoms. The number of hydrogen-bond acceptors (Lipinski definition) is 4. The van der Waals surface area contributed by atoms with Crippen LogP contribution in [0.5, 0.6) is 0 Å². The van der Waals surface area contributed by atoms with E-state index >= 15 is 0 Å². The molecule has 30 heavy (non-hydrogen) atoms. The Morgan fingerprint density at radius 1 is 1.07 bits per heavy atom. The van der Waals surface area contributed by atoms with Gasteiger partial charge in [-0.25, -0.2) is 0 Å². The predicted octanol–water partition coefficient (Wildman–Crippen LogP) is 3.08. The van der Waals surface area contributed by atoms with E-state index in [0.717, 1.165) is 63.2 Å². The lowest BCUT2D eigenvalue weighted by molar-refractivity contribution is 0.127. The Bertz CT molecular complexity index is 812. The van der Waals surface area contributed by atoms with Crippen molar-refractivity contribution in [1.82, 2.24) is 29.9 Å². The van der Waals surface area contributed by atoms with Gasteiger partial charge in [0.15, 0.2) is 11.8 Å². The fourth-order valence-corrected chi connectivity index (χ4v) is 4.61. The predicted molar refractivity (Wildman–Crippen MR) is 131 cm³/mol. The van der Waals surface area contributed by atoms with Gasteiger partial charge in [-0.1, -0.05) is 37.3 Å². The highest BCUT2D eigenvalue weighted by molar-refractivity contribution is 14.0. The SMILES string of the molecule is CCC(c1ccccc1)N1CCN(C(=NC)NCc2nnc3n2CCCC3)CC1.I. The highest BCUT2D eigenvalue weighted by Crippen LogP contribution is 2.25. The van der Waals surface area contributed by atoms with Gasteiger partial charge < -0.3 is 14.8 Å². The number of aliphatic imine (C=N–C) groups is 1. The quantitative estimate of drug-likeness (QED) is 0.371. The molecule has 8 heteroatoms. The van der Waals surface area contributed by atoms with Crippen molar-refractivity contribution in [2.45, 2.75) is 51.7 Å². The normalized spacial score (nSPS) is 18.5. The van der Waals surface area contributed by atoms with Gasteiger partial charge in [0.1, 0.15) is 5.82 Å². The number of piperazine rings is 1. The number of halogens is 1. The van der Waals surface area contributed by atoms with Crippen LogP contribution in [0.25, 0.3) is 0 Å². The Hall–Kier alpha value is -1.68. The third-order valence-corrected chi connectivity index (χ3v) is 6.18. The van der Waals surface area contributed by atoms with E-state index < -0.39 is 0 Å². The van der Waals surface area contributed by atoms with Crippen molar-refractivity contribution >= 4 is 29.9 Å². The minimum Gasteiger partial charge on any atom is -0.349 e. The van der Waals surface area contributed by atoms with Crippen LogP contribution in [0.2, 0.25) is 0 Å². The van der Waals surface area contributed by atoms with Crippen molar-refractivity contribution in [3.05, 3.63) is 47.5 Å². The van der Waals surface area contributed by atoms with E-state index in [1.54, 1.807) is 0 Å². The number of fused-ring (bicyclic) bond motifs is 1. The van der Waals surface area contributed by atoms with E-state index in [2.05, 4.69) is 72.1 Å². The molecule has 4 rings (SSSR count). The molecule has 0 radical (unpaired) electrons. The number of nitrogens with one attached hydrogen (secondary N) is 1. The molecule has 1 N–H and O–H groups in total. The maximum atomic E-state index is 4.53. The maximum absolute atomic E-state index is 4.53. The van der Waals surface area contributed by atoms with Crippen LogP contribution in [-0.2, 0) is 19.5 Å². The van der Waals surface area contributed by atoms with Crippen LogP contribution in [-0.4, -0.2) is 63.8 Å². The van der Waals surface area contributed by atoms with E-state index in [4.69, 9.17) is 0 Å². The van der Waals surface area contributed by atoms with Crippen molar-refractivity contribution in [3.8, 4) is 0 Å². The topological polar surface area (TPSA) is 61.6 Å². The van der Waals surface area contributed by atoms with Gasteiger partial charge in [0.2, 0.25) is 0 Å². The molecule has 7 nitrogen and oxygen atoms in total. The summed E-state index contributed by atoms with van der Waals surface area (Å²) < 4.78 is 2.27. The van der Waals surface area contributed by atoms with Crippen LogP contribution in [0.3, 0.4) is 0 Å². The van der Waals surface area contributed by atoms with Gasteiger partial charge >= 0.3 is 0 Å². The molecule has 1 unspecified atom stereocenters. The zero-order chi connectivity index (χ0) is 20.1. The lowest BCUT2D eigenvalue weighted by atomic mass is 10.0. The first-order valence-corrected chi connectivity index (χ1v) is 11.0. The fraction of sp³-hybridized carbons (Fsp3) is 0.591. The fourth-order valence-electron chi connectivity index (χ4n) is 4.61. The molecule has 2 aliphatic heterocycles. The van der Waals surface area contributed by atoms with Gasteiger partial charge in [-0.2, -0.15) is 0 Å². The van der Waals surface area contributed by atoms with Crippen LogP contribution in [0.4, 0.5) is 0 Å². The summed E-state index contributed by atoms with van der Waals surface area (Å²) in [6.07, 6.45) is 4.62. The average molecular weight is 523 g/mol. The van der Waals surface area contributed by atoms with Crippen molar-refractivity contribution in [3.63, 3.8) is 0 Å². The zero-order valence-electron chi connectivity index (χ0n) is 18.1. The maximum Gasteiger partial charge on any atom is 0.194 e. The number of hydrogen-bond donors (Lipinski definition) is 1. The second-order valence-corrected chi connectivity index (χ2v) is 7.90. The summed E-state index contributed by atoms with van der Waals surface area (Å²) in [5.74, 6) is 3.11. The van der Waals surface area contributed by atoms with Crippen LogP contribution in [0, 0.1) is 0 Å². The van der Waals surface area contributed by atoms with E-state index in [0.29, 0.717) is 12.6 Å². The first kappa shape index (κ1) is 23.0. The molecule has 0 amide bonds. The van der Waals surface area contributed by atoms with E-state index in [-0.39, 0.29) is 24.0 Å². The number of nitrogens with zero attached hydrogens (tertiary/aromatic N) is 6. The molecule has 0 saturated carbocycles. The van der Waals surface area contributed by atoms with Gasteiger partial charge in [0.05, 0.1) is 6.54 Å². The summed E-state index contributed by atoms with van der Waals surface area (Å²) in [5, 5.41) is 12.3. The number of guanidine groups is 1. The Morgan fingerprint density at radius 3 is 2.53 bits per heavy atom. The molecule has 1 aromatic heterocycles. The standard InChI is InChI=1S/C22H33N7.HI/c1-3-19(18-9-5-4-6-10-18)27-13-15-28(16-14-27)22(23-2)24-17-21-26-25-20-11-7-8-12-29(20)21;/h4-6,9-10,19H,3,7-8,11-17H2,1-2H3,(H,23,24);1H. The Morgan fingerprint density at radius 2 is 1.83 bits per heavy atom. The molecule has 0 aliphatic carbocycles. The van der Waals surface area contributed by atoms with Crippen LogP contribution in [0.1, 0.15) is 49.4 Å². The molecule has 1 fully saturated rings. The summed E-state index contributed by atoms with van der Waals surface area (Å²) in [7, 11) is 1.87. The second-order valence-electron chi connectivity index (χ2n) is 7.90. The summed E-state index contributed by atoms with van der Waals surface area (Å²) in [4.78, 5) is 9.49.